The molecule has 0 aromatic carbocycles. The molecule has 1 amide bonds. The van der Waals surface area contributed by atoms with Gasteiger partial charge in [0.1, 0.15) is 0 Å². The van der Waals surface area contributed by atoms with Crippen molar-refractivity contribution in [3.8, 4) is 0 Å². The van der Waals surface area contributed by atoms with E-state index in [9.17, 15) is 4.79 Å². The summed E-state index contributed by atoms with van der Waals surface area (Å²) in [4.78, 5) is 12.6. The Morgan fingerprint density at radius 3 is 2.42 bits per heavy atom. The number of carbonyl (C=O) groups is 1. The molecule has 0 spiro atoms. The van der Waals surface area contributed by atoms with Crippen LogP contribution in [0.2, 0.25) is 0 Å². The molecule has 110 valence electrons. The molecule has 19 heavy (non-hydrogen) atoms. The fourth-order valence-electron chi connectivity index (χ4n) is 2.53. The average Bonchev–Trinajstić information content (AvgIpc) is 2.44. The first-order valence-corrected chi connectivity index (χ1v) is 8.67. The van der Waals surface area contributed by atoms with Gasteiger partial charge < -0.3 is 11.1 Å². The number of nitrogens with one attached hydrogen (secondary N) is 1. The monoisotopic (exact) mass is 302 g/mol. The van der Waals surface area contributed by atoms with E-state index in [0.29, 0.717) is 6.42 Å². The molecular formula is C14H26N2OS2. The molecule has 0 heterocycles. The summed E-state index contributed by atoms with van der Waals surface area (Å²) >= 11 is 6.93. The topological polar surface area (TPSA) is 55.1 Å². The quantitative estimate of drug-likeness (QED) is 0.741. The van der Waals surface area contributed by atoms with Crippen molar-refractivity contribution in [1.82, 2.24) is 5.32 Å². The van der Waals surface area contributed by atoms with Gasteiger partial charge in [-0.15, -0.1) is 0 Å². The minimum Gasteiger partial charge on any atom is -0.392 e. The average molecular weight is 303 g/mol. The zero-order valence-electron chi connectivity index (χ0n) is 12.3. The van der Waals surface area contributed by atoms with Gasteiger partial charge >= 0.3 is 0 Å². The Balaban J connectivity index is 2.64. The Hall–Kier alpha value is -0.290. The first-order valence-electron chi connectivity index (χ1n) is 7.03. The first kappa shape index (κ1) is 16.8. The predicted molar refractivity (Wildman–Crippen MR) is 87.5 cm³/mol. The van der Waals surface area contributed by atoms with Crippen LogP contribution in [0.4, 0.5) is 0 Å². The molecule has 1 rings (SSSR count). The highest BCUT2D eigenvalue weighted by Gasteiger charge is 2.37. The summed E-state index contributed by atoms with van der Waals surface area (Å²) in [7, 11) is 0. The predicted octanol–water partition coefficient (Wildman–Crippen LogP) is 2.87. The number of hydrogen-bond acceptors (Lipinski definition) is 3. The van der Waals surface area contributed by atoms with E-state index in [4.69, 9.17) is 18.0 Å². The van der Waals surface area contributed by atoms with Crippen molar-refractivity contribution in [2.45, 2.75) is 57.1 Å². The Morgan fingerprint density at radius 2 is 2.00 bits per heavy atom. The fourth-order valence-corrected chi connectivity index (χ4v) is 3.68. The number of carbonyl (C=O) groups excluding carboxylic acids is 1. The van der Waals surface area contributed by atoms with Crippen molar-refractivity contribution in [1.29, 1.82) is 0 Å². The van der Waals surface area contributed by atoms with Crippen LogP contribution < -0.4 is 11.1 Å². The lowest BCUT2D eigenvalue weighted by atomic mass is 9.85. The van der Waals surface area contributed by atoms with Crippen molar-refractivity contribution in [3.63, 3.8) is 0 Å². The molecule has 0 bridgehead atoms. The van der Waals surface area contributed by atoms with Crippen LogP contribution >= 0.6 is 24.0 Å². The normalized spacial score (nSPS) is 21.4. The highest BCUT2D eigenvalue weighted by atomic mass is 32.2. The standard InChI is InChI=1S/C14H26N2OS2/c1-4-13(2,11(15)18)12(17)16-10-14(19-3)8-6-5-7-9-14/h4-10H2,1-3H3,(H2,15,18)(H,16,17). The van der Waals surface area contributed by atoms with Crippen LogP contribution in [0.1, 0.15) is 52.4 Å². The summed E-state index contributed by atoms with van der Waals surface area (Å²) in [6.45, 7) is 4.51. The molecular weight excluding hydrogens is 276 g/mol. The summed E-state index contributed by atoms with van der Waals surface area (Å²) in [5.74, 6) is -0.0264. The number of rotatable bonds is 6. The lowest BCUT2D eigenvalue weighted by Gasteiger charge is -2.37. The van der Waals surface area contributed by atoms with E-state index in [-0.39, 0.29) is 15.6 Å². The molecule has 1 atom stereocenters. The molecule has 5 heteroatoms. The van der Waals surface area contributed by atoms with Gasteiger partial charge in [0.2, 0.25) is 5.91 Å². The Kier molecular flexibility index (Phi) is 6.12. The van der Waals surface area contributed by atoms with E-state index in [1.807, 2.05) is 25.6 Å². The molecule has 0 aromatic heterocycles. The molecule has 1 aliphatic carbocycles. The van der Waals surface area contributed by atoms with Crippen LogP contribution in [0, 0.1) is 5.41 Å². The number of thiocarbonyl (C=S) groups is 1. The van der Waals surface area contributed by atoms with Gasteiger partial charge in [0, 0.05) is 11.3 Å². The van der Waals surface area contributed by atoms with Crippen LogP contribution in [0.5, 0.6) is 0 Å². The number of thioether (sulfide) groups is 1. The van der Waals surface area contributed by atoms with E-state index >= 15 is 0 Å². The summed E-state index contributed by atoms with van der Waals surface area (Å²) in [6.07, 6.45) is 8.99. The van der Waals surface area contributed by atoms with Gasteiger partial charge in [-0.3, -0.25) is 4.79 Å². The molecule has 1 unspecified atom stereocenters. The zero-order valence-corrected chi connectivity index (χ0v) is 13.9. The van der Waals surface area contributed by atoms with E-state index in [2.05, 4.69) is 11.6 Å². The summed E-state index contributed by atoms with van der Waals surface area (Å²) in [5.41, 5.74) is 5.00. The Morgan fingerprint density at radius 1 is 1.42 bits per heavy atom. The van der Waals surface area contributed by atoms with Gasteiger partial charge in [-0.05, 0) is 32.4 Å². The van der Waals surface area contributed by atoms with Gasteiger partial charge in [0.25, 0.3) is 0 Å². The number of amides is 1. The SMILES string of the molecule is CCC(C)(C(=O)NCC1(SC)CCCCC1)C(N)=S. The second kappa shape index (κ2) is 6.93. The zero-order chi connectivity index (χ0) is 14.5. The molecule has 3 nitrogen and oxygen atoms in total. The Labute approximate surface area is 126 Å². The molecule has 3 N–H and O–H groups in total. The molecule has 0 aliphatic heterocycles. The summed E-state index contributed by atoms with van der Waals surface area (Å²) in [6, 6.07) is 0. The highest BCUT2D eigenvalue weighted by molar-refractivity contribution is 8.00. The minimum absolute atomic E-state index is 0.0264. The van der Waals surface area contributed by atoms with Crippen molar-refractivity contribution >= 4 is 34.9 Å². The maximum atomic E-state index is 12.4. The van der Waals surface area contributed by atoms with E-state index in [1.165, 1.54) is 32.1 Å². The van der Waals surface area contributed by atoms with Gasteiger partial charge in [-0.25, -0.2) is 0 Å². The third kappa shape index (κ3) is 3.85. The summed E-state index contributed by atoms with van der Waals surface area (Å²) < 4.78 is 0.207. The van der Waals surface area contributed by atoms with Gasteiger partial charge in [-0.1, -0.05) is 38.4 Å². The van der Waals surface area contributed by atoms with Crippen LogP contribution in [0.25, 0.3) is 0 Å². The van der Waals surface area contributed by atoms with E-state index in [0.717, 1.165) is 6.54 Å². The van der Waals surface area contributed by atoms with Crippen LogP contribution in [-0.4, -0.2) is 28.4 Å². The van der Waals surface area contributed by atoms with Gasteiger partial charge in [0.05, 0.1) is 10.4 Å². The first-order chi connectivity index (χ1) is 8.90. The van der Waals surface area contributed by atoms with Gasteiger partial charge in [-0.2, -0.15) is 11.8 Å². The van der Waals surface area contributed by atoms with Crippen molar-refractivity contribution < 1.29 is 4.79 Å². The molecule has 1 aliphatic rings. The molecule has 1 saturated carbocycles. The largest absolute Gasteiger partial charge is 0.392 e. The second-order valence-electron chi connectivity index (χ2n) is 5.68. The smallest absolute Gasteiger partial charge is 0.232 e. The van der Waals surface area contributed by atoms with E-state index in [1.54, 1.807) is 0 Å². The van der Waals surface area contributed by atoms with Crippen molar-refractivity contribution in [3.05, 3.63) is 0 Å². The lowest BCUT2D eigenvalue weighted by molar-refractivity contribution is -0.127. The maximum Gasteiger partial charge on any atom is 0.232 e. The second-order valence-corrected chi connectivity index (χ2v) is 7.39. The molecule has 0 radical (unpaired) electrons. The maximum absolute atomic E-state index is 12.4. The van der Waals surface area contributed by atoms with Gasteiger partial charge in [0.15, 0.2) is 0 Å². The van der Waals surface area contributed by atoms with Crippen LogP contribution in [0.3, 0.4) is 0 Å². The summed E-state index contributed by atoms with van der Waals surface area (Å²) in [5, 5.41) is 3.09. The van der Waals surface area contributed by atoms with Crippen LogP contribution in [0.15, 0.2) is 0 Å². The molecule has 0 saturated heterocycles. The molecule has 0 aromatic rings. The minimum atomic E-state index is -0.719. The fraction of sp³-hybridized carbons (Fsp3) is 0.857. The van der Waals surface area contributed by atoms with Crippen LogP contribution in [-0.2, 0) is 4.79 Å². The van der Waals surface area contributed by atoms with E-state index < -0.39 is 5.41 Å². The Bertz CT molecular complexity index is 340. The third-order valence-corrected chi connectivity index (χ3v) is 6.39. The highest BCUT2D eigenvalue weighted by Crippen LogP contribution is 2.38. The third-order valence-electron chi connectivity index (χ3n) is 4.52. The lowest BCUT2D eigenvalue weighted by Crippen LogP contribution is -2.50. The number of nitrogens with two attached hydrogens (primary N) is 1. The van der Waals surface area contributed by atoms with Crippen molar-refractivity contribution in [2.24, 2.45) is 11.1 Å². The molecule has 1 fully saturated rings. The number of hydrogen-bond donors (Lipinski definition) is 2. The van der Waals surface area contributed by atoms with Crippen molar-refractivity contribution in [2.75, 3.05) is 12.8 Å².